The van der Waals surface area contributed by atoms with Gasteiger partial charge in [0.1, 0.15) is 0 Å². The number of hydrogen-bond donors (Lipinski definition) is 1. The van der Waals surface area contributed by atoms with Crippen molar-refractivity contribution >= 4 is 33.4 Å². The first-order valence-corrected chi connectivity index (χ1v) is 8.57. The van der Waals surface area contributed by atoms with E-state index in [1.165, 1.54) is 0 Å². The van der Waals surface area contributed by atoms with Crippen molar-refractivity contribution in [3.8, 4) is 0 Å². The summed E-state index contributed by atoms with van der Waals surface area (Å²) in [6.07, 6.45) is 3.66. The van der Waals surface area contributed by atoms with E-state index in [0.29, 0.717) is 13.1 Å². The Bertz CT molecular complexity index is 764. The molecule has 5 nitrogen and oxygen atoms in total. The topological polar surface area (TPSA) is 62.3 Å². The summed E-state index contributed by atoms with van der Waals surface area (Å²) in [7, 11) is 0. The molecule has 1 fully saturated rings. The zero-order valence-corrected chi connectivity index (χ0v) is 14.9. The Labute approximate surface area is 149 Å². The SMILES string of the molecule is Cc1cc(N2CC(C(=O)NCc3cccnc3)CC2=O)ccc1Br. The lowest BCUT2D eigenvalue weighted by molar-refractivity contribution is -0.126. The van der Waals surface area contributed by atoms with Crippen molar-refractivity contribution in [2.75, 3.05) is 11.4 Å². The molecule has 6 heteroatoms. The predicted octanol–water partition coefficient (Wildman–Crippen LogP) is 2.82. The van der Waals surface area contributed by atoms with Gasteiger partial charge in [0.15, 0.2) is 0 Å². The second-order valence-corrected chi connectivity index (χ2v) is 6.77. The lowest BCUT2D eigenvalue weighted by Gasteiger charge is -2.17. The maximum Gasteiger partial charge on any atom is 0.227 e. The van der Waals surface area contributed by atoms with E-state index in [0.717, 1.165) is 21.3 Å². The first-order chi connectivity index (χ1) is 11.5. The number of halogens is 1. The van der Waals surface area contributed by atoms with E-state index < -0.39 is 0 Å². The molecule has 1 atom stereocenters. The number of aryl methyl sites for hydroxylation is 1. The molecular weight excluding hydrogens is 370 g/mol. The molecule has 2 amide bonds. The van der Waals surface area contributed by atoms with Crippen LogP contribution in [0.4, 0.5) is 5.69 Å². The van der Waals surface area contributed by atoms with Gasteiger partial charge in [0.2, 0.25) is 11.8 Å². The minimum Gasteiger partial charge on any atom is -0.352 e. The predicted molar refractivity (Wildman–Crippen MR) is 95.4 cm³/mol. The number of nitrogens with one attached hydrogen (secondary N) is 1. The molecule has 1 N–H and O–H groups in total. The van der Waals surface area contributed by atoms with Crippen LogP contribution < -0.4 is 10.2 Å². The van der Waals surface area contributed by atoms with Gasteiger partial charge in [0.25, 0.3) is 0 Å². The maximum absolute atomic E-state index is 12.3. The largest absolute Gasteiger partial charge is 0.352 e. The van der Waals surface area contributed by atoms with Crippen LogP contribution in [-0.4, -0.2) is 23.3 Å². The van der Waals surface area contributed by atoms with E-state index in [-0.39, 0.29) is 24.2 Å². The molecule has 1 unspecified atom stereocenters. The van der Waals surface area contributed by atoms with Gasteiger partial charge in [-0.2, -0.15) is 0 Å². The van der Waals surface area contributed by atoms with Crippen molar-refractivity contribution in [2.24, 2.45) is 5.92 Å². The highest BCUT2D eigenvalue weighted by molar-refractivity contribution is 9.10. The number of rotatable bonds is 4. The van der Waals surface area contributed by atoms with E-state index in [4.69, 9.17) is 0 Å². The van der Waals surface area contributed by atoms with Crippen molar-refractivity contribution in [2.45, 2.75) is 19.9 Å². The zero-order chi connectivity index (χ0) is 17.1. The molecule has 1 saturated heterocycles. The molecule has 0 radical (unpaired) electrons. The van der Waals surface area contributed by atoms with Crippen LogP contribution in [0.1, 0.15) is 17.5 Å². The standard InChI is InChI=1S/C18H18BrN3O2/c1-12-7-15(4-5-16(12)19)22-11-14(8-17(22)23)18(24)21-10-13-3-2-6-20-9-13/h2-7,9,14H,8,10-11H2,1H3,(H,21,24). The van der Waals surface area contributed by atoms with Crippen LogP contribution >= 0.6 is 15.9 Å². The molecule has 0 bridgehead atoms. The van der Waals surface area contributed by atoms with Crippen LogP contribution in [0.15, 0.2) is 47.2 Å². The summed E-state index contributed by atoms with van der Waals surface area (Å²) in [4.78, 5) is 30.3. The number of carbonyl (C=O) groups excluding carboxylic acids is 2. The number of carbonyl (C=O) groups is 2. The third kappa shape index (κ3) is 3.64. The molecule has 1 aromatic carbocycles. The highest BCUT2D eigenvalue weighted by Gasteiger charge is 2.35. The van der Waals surface area contributed by atoms with Crippen molar-refractivity contribution in [1.29, 1.82) is 0 Å². The molecule has 2 aromatic rings. The Morgan fingerprint density at radius 1 is 1.42 bits per heavy atom. The zero-order valence-electron chi connectivity index (χ0n) is 13.3. The van der Waals surface area contributed by atoms with Gasteiger partial charge in [-0.05, 0) is 42.3 Å². The highest BCUT2D eigenvalue weighted by Crippen LogP contribution is 2.28. The fourth-order valence-corrected chi connectivity index (χ4v) is 3.01. The Morgan fingerprint density at radius 2 is 2.25 bits per heavy atom. The molecule has 24 heavy (non-hydrogen) atoms. The Hall–Kier alpha value is -2.21. The average molecular weight is 388 g/mol. The Kier molecular flexibility index (Phi) is 4.94. The lowest BCUT2D eigenvalue weighted by atomic mass is 10.1. The Morgan fingerprint density at radius 3 is 2.96 bits per heavy atom. The summed E-state index contributed by atoms with van der Waals surface area (Å²) >= 11 is 3.46. The summed E-state index contributed by atoms with van der Waals surface area (Å²) in [5.41, 5.74) is 2.84. The average Bonchev–Trinajstić information content (AvgIpc) is 2.98. The van der Waals surface area contributed by atoms with E-state index in [2.05, 4.69) is 26.2 Å². The molecular formula is C18H18BrN3O2. The molecule has 0 saturated carbocycles. The second kappa shape index (κ2) is 7.13. The van der Waals surface area contributed by atoms with Crippen LogP contribution in [0.2, 0.25) is 0 Å². The number of amides is 2. The monoisotopic (exact) mass is 387 g/mol. The van der Waals surface area contributed by atoms with Gasteiger partial charge in [-0.3, -0.25) is 14.6 Å². The summed E-state index contributed by atoms with van der Waals surface area (Å²) in [6, 6.07) is 9.51. The van der Waals surface area contributed by atoms with Crippen molar-refractivity contribution in [3.05, 3.63) is 58.3 Å². The van der Waals surface area contributed by atoms with Crippen molar-refractivity contribution in [1.82, 2.24) is 10.3 Å². The van der Waals surface area contributed by atoms with E-state index in [1.807, 2.05) is 37.3 Å². The molecule has 124 valence electrons. The lowest BCUT2D eigenvalue weighted by Crippen LogP contribution is -2.32. The van der Waals surface area contributed by atoms with Crippen LogP contribution in [0.5, 0.6) is 0 Å². The summed E-state index contributed by atoms with van der Waals surface area (Å²) in [5, 5.41) is 2.89. The number of aromatic nitrogens is 1. The van der Waals surface area contributed by atoms with Gasteiger partial charge in [0.05, 0.1) is 5.92 Å². The van der Waals surface area contributed by atoms with Gasteiger partial charge in [-0.1, -0.05) is 22.0 Å². The molecule has 0 aliphatic carbocycles. The van der Waals surface area contributed by atoms with Gasteiger partial charge in [-0.15, -0.1) is 0 Å². The number of hydrogen-bond acceptors (Lipinski definition) is 3. The summed E-state index contributed by atoms with van der Waals surface area (Å²) in [5.74, 6) is -0.431. The fourth-order valence-electron chi connectivity index (χ4n) is 2.77. The number of nitrogens with zero attached hydrogens (tertiary/aromatic N) is 2. The third-order valence-electron chi connectivity index (χ3n) is 4.14. The minimum atomic E-state index is -0.321. The highest BCUT2D eigenvalue weighted by atomic mass is 79.9. The number of benzene rings is 1. The molecule has 0 spiro atoms. The quantitative estimate of drug-likeness (QED) is 0.876. The molecule has 2 heterocycles. The molecule has 1 aliphatic heterocycles. The van der Waals surface area contributed by atoms with Crippen LogP contribution in [0.3, 0.4) is 0 Å². The van der Waals surface area contributed by atoms with E-state index in [9.17, 15) is 9.59 Å². The van der Waals surface area contributed by atoms with Crippen LogP contribution in [0.25, 0.3) is 0 Å². The molecule has 1 aromatic heterocycles. The van der Waals surface area contributed by atoms with E-state index >= 15 is 0 Å². The van der Waals surface area contributed by atoms with Gasteiger partial charge >= 0.3 is 0 Å². The van der Waals surface area contributed by atoms with Crippen molar-refractivity contribution in [3.63, 3.8) is 0 Å². The van der Waals surface area contributed by atoms with Gasteiger partial charge < -0.3 is 10.2 Å². The number of anilines is 1. The van der Waals surface area contributed by atoms with Gasteiger partial charge in [0, 0.05) is 42.1 Å². The summed E-state index contributed by atoms with van der Waals surface area (Å²) < 4.78 is 1.00. The van der Waals surface area contributed by atoms with E-state index in [1.54, 1.807) is 17.3 Å². The maximum atomic E-state index is 12.3. The third-order valence-corrected chi connectivity index (χ3v) is 5.03. The van der Waals surface area contributed by atoms with Gasteiger partial charge in [-0.25, -0.2) is 0 Å². The summed E-state index contributed by atoms with van der Waals surface area (Å²) in [6.45, 7) is 2.82. The first kappa shape index (κ1) is 16.6. The fraction of sp³-hybridized carbons (Fsp3) is 0.278. The van der Waals surface area contributed by atoms with Crippen LogP contribution in [-0.2, 0) is 16.1 Å². The van der Waals surface area contributed by atoms with Crippen LogP contribution in [0, 0.1) is 12.8 Å². The minimum absolute atomic E-state index is 0.0155. The second-order valence-electron chi connectivity index (χ2n) is 5.92. The first-order valence-electron chi connectivity index (χ1n) is 7.77. The smallest absolute Gasteiger partial charge is 0.227 e. The molecule has 3 rings (SSSR count). The molecule has 1 aliphatic rings. The Balaban J connectivity index is 1.63. The van der Waals surface area contributed by atoms with Crippen molar-refractivity contribution < 1.29 is 9.59 Å². The number of pyridine rings is 1. The normalized spacial score (nSPS) is 17.2.